The first kappa shape index (κ1) is 14.4. The van der Waals surface area contributed by atoms with Crippen LogP contribution in [0.1, 0.15) is 0 Å². The normalized spacial score (nSPS) is 12.5. The van der Waals surface area contributed by atoms with Gasteiger partial charge in [0, 0.05) is 15.2 Å². The average Bonchev–Trinajstić information content (AvgIpc) is 2.06. The fourth-order valence-corrected chi connectivity index (χ4v) is 2.58. The molecular weight excluding hydrogens is 350 g/mol. The van der Waals surface area contributed by atoms with E-state index in [-0.39, 0.29) is 4.47 Å². The van der Waals surface area contributed by atoms with Gasteiger partial charge in [-0.05, 0) is 12.1 Å². The van der Waals surface area contributed by atoms with E-state index in [9.17, 15) is 21.6 Å². The molecule has 0 saturated heterocycles. The van der Waals surface area contributed by atoms with E-state index in [1.165, 1.54) is 0 Å². The topological polar surface area (TPSA) is 69.4 Å². The molecule has 0 radical (unpaired) electrons. The molecule has 0 atom stereocenters. The second-order valence-corrected chi connectivity index (χ2v) is 6.25. The van der Waals surface area contributed by atoms with E-state index < -0.39 is 31.7 Å². The number of ether oxygens (including phenoxy) is 1. The van der Waals surface area contributed by atoms with E-state index in [1.54, 1.807) is 0 Å². The lowest BCUT2D eigenvalue weighted by Crippen LogP contribution is -2.18. The van der Waals surface area contributed by atoms with Crippen LogP contribution in [0.15, 0.2) is 21.5 Å². The van der Waals surface area contributed by atoms with Gasteiger partial charge < -0.3 is 10.5 Å². The monoisotopic (exact) mass is 353 g/mol. The van der Waals surface area contributed by atoms with Gasteiger partial charge in [-0.2, -0.15) is 0 Å². The number of hydrogen-bond donors (Lipinski definition) is 1. The Kier molecular flexibility index (Phi) is 3.84. The molecule has 96 valence electrons. The summed E-state index contributed by atoms with van der Waals surface area (Å²) in [6.07, 6.45) is -4.98. The molecule has 0 spiro atoms. The smallest absolute Gasteiger partial charge is 0.403 e. The lowest BCUT2D eigenvalue weighted by atomic mass is 10.3. The van der Waals surface area contributed by atoms with Crippen LogP contribution in [-0.4, -0.2) is 14.8 Å². The second-order valence-electron chi connectivity index (χ2n) is 2.80. The molecule has 0 saturated carbocycles. The summed E-state index contributed by atoms with van der Waals surface area (Å²) in [5, 5.41) is 0. The Morgan fingerprint density at radius 3 is 2.29 bits per heavy atom. The Hall–Kier alpha value is -0.670. The molecule has 0 fully saturated rings. The van der Waals surface area contributed by atoms with Crippen molar-refractivity contribution >= 4 is 41.4 Å². The minimum Gasteiger partial charge on any atom is -0.403 e. The van der Waals surface area contributed by atoms with Gasteiger partial charge in [0.25, 0.3) is 9.05 Å². The first-order valence-electron chi connectivity index (χ1n) is 3.80. The number of anilines is 1. The summed E-state index contributed by atoms with van der Waals surface area (Å²) in [6, 6.07) is 1.86. The van der Waals surface area contributed by atoms with Gasteiger partial charge in [0.05, 0.1) is 5.69 Å². The van der Waals surface area contributed by atoms with E-state index in [1.807, 2.05) is 0 Å². The third-order valence-corrected chi connectivity index (χ3v) is 3.38. The van der Waals surface area contributed by atoms with Crippen molar-refractivity contribution < 1.29 is 26.3 Å². The van der Waals surface area contributed by atoms with Gasteiger partial charge in [-0.3, -0.25) is 0 Å². The van der Waals surface area contributed by atoms with E-state index in [0.29, 0.717) is 0 Å². The number of benzene rings is 1. The fourth-order valence-electron chi connectivity index (χ4n) is 0.980. The minimum atomic E-state index is -4.98. The second kappa shape index (κ2) is 4.54. The molecule has 0 aliphatic rings. The van der Waals surface area contributed by atoms with Gasteiger partial charge >= 0.3 is 6.36 Å². The number of alkyl halides is 3. The summed E-state index contributed by atoms with van der Waals surface area (Å²) in [5.41, 5.74) is 4.53. The van der Waals surface area contributed by atoms with Gasteiger partial charge in [0.15, 0.2) is 5.75 Å². The highest BCUT2D eigenvalue weighted by atomic mass is 79.9. The van der Waals surface area contributed by atoms with Crippen LogP contribution in [0, 0.1) is 0 Å². The fraction of sp³-hybridized carbons (Fsp3) is 0.143. The van der Waals surface area contributed by atoms with Gasteiger partial charge in [0.2, 0.25) is 0 Å². The van der Waals surface area contributed by atoms with Crippen molar-refractivity contribution in [1.29, 1.82) is 0 Å². The van der Waals surface area contributed by atoms with E-state index in [2.05, 4.69) is 20.7 Å². The Morgan fingerprint density at radius 1 is 1.35 bits per heavy atom. The first-order chi connectivity index (χ1) is 7.50. The van der Waals surface area contributed by atoms with Crippen molar-refractivity contribution in [1.82, 2.24) is 0 Å². The molecule has 0 amide bonds. The standard InChI is InChI=1S/C7H4BrClF3NO3S/c8-3-1-4(16-7(10,11)12)6(13)5(2-3)17(9,14)15/h1-2H,13H2. The number of hydrogen-bond acceptors (Lipinski definition) is 4. The average molecular weight is 355 g/mol. The maximum absolute atomic E-state index is 12.0. The van der Waals surface area contributed by atoms with Crippen molar-refractivity contribution in [2.45, 2.75) is 11.3 Å². The highest BCUT2D eigenvalue weighted by molar-refractivity contribution is 9.10. The van der Waals surface area contributed by atoms with Crippen LogP contribution in [0.2, 0.25) is 0 Å². The summed E-state index contributed by atoms with van der Waals surface area (Å²) in [5.74, 6) is -0.842. The van der Waals surface area contributed by atoms with Crippen molar-refractivity contribution in [2.75, 3.05) is 5.73 Å². The molecule has 17 heavy (non-hydrogen) atoms. The lowest BCUT2D eigenvalue weighted by molar-refractivity contribution is -0.274. The van der Waals surface area contributed by atoms with E-state index >= 15 is 0 Å². The van der Waals surface area contributed by atoms with Gasteiger partial charge in [-0.15, -0.1) is 13.2 Å². The number of rotatable bonds is 2. The predicted octanol–water partition coefficient (Wildman–Crippen LogP) is 2.86. The largest absolute Gasteiger partial charge is 0.573 e. The number of nitrogen functional groups attached to an aromatic ring is 1. The van der Waals surface area contributed by atoms with E-state index in [4.69, 9.17) is 16.4 Å². The van der Waals surface area contributed by atoms with Crippen molar-refractivity contribution in [3.63, 3.8) is 0 Å². The first-order valence-corrected chi connectivity index (χ1v) is 6.90. The summed E-state index contributed by atoms with van der Waals surface area (Å²) in [6.45, 7) is 0. The molecule has 0 bridgehead atoms. The van der Waals surface area contributed by atoms with Crippen LogP contribution >= 0.6 is 26.6 Å². The predicted molar refractivity (Wildman–Crippen MR) is 58.3 cm³/mol. The van der Waals surface area contributed by atoms with E-state index in [0.717, 1.165) is 12.1 Å². The molecule has 1 aromatic carbocycles. The summed E-state index contributed by atoms with van der Waals surface area (Å²) < 4.78 is 61.7. The van der Waals surface area contributed by atoms with Crippen LogP contribution in [-0.2, 0) is 9.05 Å². The highest BCUT2D eigenvalue weighted by Crippen LogP contribution is 2.37. The number of nitrogens with two attached hydrogens (primary N) is 1. The summed E-state index contributed by atoms with van der Waals surface area (Å²) in [4.78, 5) is -0.659. The van der Waals surface area contributed by atoms with Crippen molar-refractivity contribution in [2.24, 2.45) is 0 Å². The van der Waals surface area contributed by atoms with Gasteiger partial charge in [0.1, 0.15) is 4.90 Å². The molecule has 4 nitrogen and oxygen atoms in total. The maximum Gasteiger partial charge on any atom is 0.573 e. The zero-order valence-corrected chi connectivity index (χ0v) is 10.9. The Balaban J connectivity index is 3.40. The minimum absolute atomic E-state index is 0.0326. The summed E-state index contributed by atoms with van der Waals surface area (Å²) in [7, 11) is 0.749. The van der Waals surface area contributed by atoms with Crippen LogP contribution in [0.25, 0.3) is 0 Å². The van der Waals surface area contributed by atoms with Crippen LogP contribution in [0.5, 0.6) is 5.75 Å². The molecule has 0 aliphatic heterocycles. The molecule has 0 unspecified atom stereocenters. The van der Waals surface area contributed by atoms with Gasteiger partial charge in [-0.25, -0.2) is 8.42 Å². The van der Waals surface area contributed by atoms with Crippen LogP contribution < -0.4 is 10.5 Å². The molecule has 0 heterocycles. The molecule has 0 aliphatic carbocycles. The summed E-state index contributed by atoms with van der Waals surface area (Å²) >= 11 is 2.82. The zero-order chi connectivity index (χ0) is 13.4. The highest BCUT2D eigenvalue weighted by Gasteiger charge is 2.33. The third kappa shape index (κ3) is 3.93. The Labute approximate surface area is 107 Å². The lowest BCUT2D eigenvalue weighted by Gasteiger charge is -2.13. The maximum atomic E-state index is 12.0. The molecule has 1 rings (SSSR count). The van der Waals surface area contributed by atoms with Crippen molar-refractivity contribution in [3.05, 3.63) is 16.6 Å². The third-order valence-electron chi connectivity index (χ3n) is 1.56. The Morgan fingerprint density at radius 2 is 1.88 bits per heavy atom. The molecule has 2 N–H and O–H groups in total. The molecule has 1 aromatic rings. The van der Waals surface area contributed by atoms with Gasteiger partial charge in [-0.1, -0.05) is 15.9 Å². The zero-order valence-electron chi connectivity index (χ0n) is 7.75. The molecule has 10 heteroatoms. The SMILES string of the molecule is Nc1c(OC(F)(F)F)cc(Br)cc1S(=O)(=O)Cl. The number of halogens is 5. The Bertz CT molecular complexity index is 546. The van der Waals surface area contributed by atoms with Crippen LogP contribution in [0.3, 0.4) is 0 Å². The quantitative estimate of drug-likeness (QED) is 0.655. The molecule has 0 aromatic heterocycles. The van der Waals surface area contributed by atoms with Crippen molar-refractivity contribution in [3.8, 4) is 5.75 Å². The molecular formula is C7H4BrClF3NO3S. The van der Waals surface area contributed by atoms with Crippen LogP contribution in [0.4, 0.5) is 18.9 Å².